The van der Waals surface area contributed by atoms with Crippen molar-refractivity contribution in [2.45, 2.75) is 37.5 Å². The fourth-order valence-corrected chi connectivity index (χ4v) is 1.83. The maximum Gasteiger partial charge on any atom is 0.241 e. The monoisotopic (exact) mass is 143 g/mol. The van der Waals surface area contributed by atoms with E-state index < -0.39 is 6.04 Å². The van der Waals surface area contributed by atoms with E-state index in [9.17, 15) is 10.1 Å². The van der Waals surface area contributed by atoms with Crippen LogP contribution in [0.15, 0.2) is 0 Å². The Morgan fingerprint density at radius 1 is 1.50 bits per heavy atom. The van der Waals surface area contributed by atoms with Gasteiger partial charge in [0.05, 0.1) is 6.10 Å². The first-order valence-corrected chi connectivity index (χ1v) is 3.56. The van der Waals surface area contributed by atoms with Crippen LogP contribution < -0.4 is 0 Å². The van der Waals surface area contributed by atoms with Crippen molar-refractivity contribution in [1.29, 1.82) is 0 Å². The summed E-state index contributed by atoms with van der Waals surface area (Å²) in [5.41, 5.74) is 0. The Hall–Kier alpha value is -0.640. The van der Waals surface area contributed by atoms with Crippen LogP contribution >= 0.6 is 0 Å². The van der Waals surface area contributed by atoms with Crippen molar-refractivity contribution in [2.75, 3.05) is 0 Å². The number of nitrogens with zero attached hydrogens (tertiary/aromatic N) is 1. The Labute approximate surface area is 58.3 Å². The Morgan fingerprint density at radius 3 is 2.60 bits per heavy atom. The van der Waals surface area contributed by atoms with Crippen molar-refractivity contribution in [2.24, 2.45) is 0 Å². The molecule has 0 radical (unpaired) electrons. The lowest BCUT2D eigenvalue weighted by Crippen LogP contribution is -2.30. The van der Waals surface area contributed by atoms with Crippen molar-refractivity contribution >= 4 is 0 Å². The Balaban J connectivity index is 2.08. The molecule has 0 spiro atoms. The van der Waals surface area contributed by atoms with Crippen LogP contribution in [0.2, 0.25) is 0 Å². The molecule has 2 heterocycles. The highest BCUT2D eigenvalue weighted by Gasteiger charge is 2.47. The zero-order chi connectivity index (χ0) is 7.14. The van der Waals surface area contributed by atoms with Gasteiger partial charge in [-0.1, -0.05) is 0 Å². The van der Waals surface area contributed by atoms with E-state index in [-0.39, 0.29) is 17.1 Å². The lowest BCUT2D eigenvalue weighted by atomic mass is 9.96. The number of ether oxygens (including phenoxy) is 1. The van der Waals surface area contributed by atoms with Gasteiger partial charge in [-0.2, -0.15) is 0 Å². The van der Waals surface area contributed by atoms with E-state index in [4.69, 9.17) is 4.74 Å². The molecule has 2 saturated heterocycles. The maximum atomic E-state index is 10.3. The first-order valence-electron chi connectivity index (χ1n) is 3.56. The van der Waals surface area contributed by atoms with Crippen LogP contribution in [0.25, 0.3) is 0 Å². The molecule has 0 saturated carbocycles. The van der Waals surface area contributed by atoms with Crippen molar-refractivity contribution in [3.63, 3.8) is 0 Å². The highest BCUT2D eigenvalue weighted by molar-refractivity contribution is 4.89. The molecule has 2 bridgehead atoms. The summed E-state index contributed by atoms with van der Waals surface area (Å²) in [6, 6.07) is -0.404. The molecule has 0 aromatic rings. The number of hydrogen-bond acceptors (Lipinski definition) is 3. The summed E-state index contributed by atoms with van der Waals surface area (Å²) in [6.45, 7) is 0. The second-order valence-corrected chi connectivity index (χ2v) is 2.96. The highest BCUT2D eigenvalue weighted by Crippen LogP contribution is 2.35. The molecule has 2 aliphatic heterocycles. The SMILES string of the molecule is O=[N+]([O-])C1CC2CCC1O2. The average molecular weight is 143 g/mol. The fraction of sp³-hybridized carbons (Fsp3) is 1.00. The minimum Gasteiger partial charge on any atom is -0.368 e. The molecule has 2 fully saturated rings. The second-order valence-electron chi connectivity index (χ2n) is 2.96. The van der Waals surface area contributed by atoms with Gasteiger partial charge in [-0.3, -0.25) is 10.1 Å². The lowest BCUT2D eigenvalue weighted by Gasteiger charge is -2.09. The molecule has 2 rings (SSSR count). The van der Waals surface area contributed by atoms with Gasteiger partial charge in [0.1, 0.15) is 6.10 Å². The van der Waals surface area contributed by atoms with Crippen molar-refractivity contribution in [1.82, 2.24) is 0 Å². The van der Waals surface area contributed by atoms with Gasteiger partial charge in [0.2, 0.25) is 6.04 Å². The van der Waals surface area contributed by atoms with Gasteiger partial charge in [-0.05, 0) is 12.8 Å². The Kier molecular flexibility index (Phi) is 1.17. The molecular weight excluding hydrogens is 134 g/mol. The molecule has 0 aliphatic carbocycles. The summed E-state index contributed by atoms with van der Waals surface area (Å²) < 4.78 is 5.30. The van der Waals surface area contributed by atoms with Gasteiger partial charge in [-0.15, -0.1) is 0 Å². The molecule has 56 valence electrons. The predicted octanol–water partition coefficient (Wildman–Crippen LogP) is 0.583. The van der Waals surface area contributed by atoms with E-state index in [1.165, 1.54) is 0 Å². The summed E-state index contributed by atoms with van der Waals surface area (Å²) in [4.78, 5) is 10.1. The first kappa shape index (κ1) is 6.09. The number of nitro groups is 1. The van der Waals surface area contributed by atoms with Crippen molar-refractivity contribution in [3.05, 3.63) is 10.1 Å². The van der Waals surface area contributed by atoms with E-state index in [2.05, 4.69) is 0 Å². The highest BCUT2D eigenvalue weighted by atomic mass is 16.6. The smallest absolute Gasteiger partial charge is 0.241 e. The fourth-order valence-electron chi connectivity index (χ4n) is 1.83. The van der Waals surface area contributed by atoms with Crippen LogP contribution in [0, 0.1) is 10.1 Å². The molecule has 2 aliphatic rings. The average Bonchev–Trinajstić information content (AvgIpc) is 2.44. The Bertz CT molecular complexity index is 170. The number of hydrogen-bond donors (Lipinski definition) is 0. The Morgan fingerprint density at radius 2 is 2.30 bits per heavy atom. The summed E-state index contributed by atoms with van der Waals surface area (Å²) in [5.74, 6) is 0. The van der Waals surface area contributed by atoms with Gasteiger partial charge in [0.25, 0.3) is 0 Å². The van der Waals surface area contributed by atoms with Crippen LogP contribution in [0.5, 0.6) is 0 Å². The quantitative estimate of drug-likeness (QED) is 0.398. The molecule has 3 atom stereocenters. The van der Waals surface area contributed by atoms with Crippen LogP contribution in [-0.4, -0.2) is 23.2 Å². The van der Waals surface area contributed by atoms with E-state index in [0.717, 1.165) is 12.8 Å². The zero-order valence-corrected chi connectivity index (χ0v) is 5.53. The van der Waals surface area contributed by atoms with Gasteiger partial charge in [0, 0.05) is 11.3 Å². The lowest BCUT2D eigenvalue weighted by molar-refractivity contribution is -0.527. The van der Waals surface area contributed by atoms with Gasteiger partial charge in [0.15, 0.2) is 0 Å². The topological polar surface area (TPSA) is 52.4 Å². The van der Waals surface area contributed by atoms with Gasteiger partial charge in [-0.25, -0.2) is 0 Å². The summed E-state index contributed by atoms with van der Waals surface area (Å²) in [6.07, 6.45) is 2.67. The third-order valence-electron chi connectivity index (χ3n) is 2.34. The van der Waals surface area contributed by atoms with Crippen LogP contribution in [-0.2, 0) is 4.74 Å². The van der Waals surface area contributed by atoms with Crippen molar-refractivity contribution in [3.8, 4) is 0 Å². The summed E-state index contributed by atoms with van der Waals surface area (Å²) in [5, 5.41) is 10.3. The summed E-state index contributed by atoms with van der Waals surface area (Å²) >= 11 is 0. The van der Waals surface area contributed by atoms with E-state index in [1.807, 2.05) is 0 Å². The predicted molar refractivity (Wildman–Crippen MR) is 33.3 cm³/mol. The van der Waals surface area contributed by atoms with Gasteiger partial charge < -0.3 is 4.74 Å². The van der Waals surface area contributed by atoms with E-state index in [1.54, 1.807) is 0 Å². The zero-order valence-electron chi connectivity index (χ0n) is 5.53. The second kappa shape index (κ2) is 1.92. The molecular formula is C6H9NO3. The molecule has 0 amide bonds. The van der Waals surface area contributed by atoms with Crippen LogP contribution in [0.1, 0.15) is 19.3 Å². The molecule has 4 nitrogen and oxygen atoms in total. The molecule has 4 heteroatoms. The van der Waals surface area contributed by atoms with Crippen molar-refractivity contribution < 1.29 is 9.66 Å². The number of rotatable bonds is 1. The van der Waals surface area contributed by atoms with Crippen LogP contribution in [0.4, 0.5) is 0 Å². The van der Waals surface area contributed by atoms with E-state index >= 15 is 0 Å². The molecule has 0 aromatic heterocycles. The van der Waals surface area contributed by atoms with Crippen LogP contribution in [0.3, 0.4) is 0 Å². The normalized spacial score (nSPS) is 44.2. The first-order chi connectivity index (χ1) is 4.77. The third kappa shape index (κ3) is 0.718. The number of fused-ring (bicyclic) bond motifs is 2. The largest absolute Gasteiger partial charge is 0.368 e. The molecule has 10 heavy (non-hydrogen) atoms. The third-order valence-corrected chi connectivity index (χ3v) is 2.34. The maximum absolute atomic E-state index is 10.3. The minimum absolute atomic E-state index is 0.0694. The molecule has 0 aromatic carbocycles. The standard InChI is InChI=1S/C6H9NO3/c8-7(9)5-3-4-1-2-6(5)10-4/h4-6H,1-3H2. The summed E-state index contributed by atoms with van der Waals surface area (Å²) in [7, 11) is 0. The minimum atomic E-state index is -0.404. The van der Waals surface area contributed by atoms with Gasteiger partial charge >= 0.3 is 0 Å². The molecule has 0 N–H and O–H groups in total. The van der Waals surface area contributed by atoms with E-state index in [0.29, 0.717) is 6.42 Å². The molecule has 3 unspecified atom stereocenters.